The number of hydrogen-bond acceptors (Lipinski definition) is 6. The number of benzene rings is 1. The van der Waals surface area contributed by atoms with Crippen LogP contribution in [0.25, 0.3) is 10.2 Å². The normalized spacial score (nSPS) is 15.0. The van der Waals surface area contributed by atoms with E-state index >= 15 is 0 Å². The molecule has 142 valence electrons. The maximum Gasteiger partial charge on any atom is 0.326 e. The number of amides is 3. The zero-order chi connectivity index (χ0) is 19.6. The Hall–Kier alpha value is -2.88. The van der Waals surface area contributed by atoms with Crippen molar-refractivity contribution in [3.63, 3.8) is 0 Å². The highest BCUT2D eigenvalue weighted by Gasteiger charge is 2.30. The first-order chi connectivity index (χ1) is 12.9. The number of imide groups is 1. The maximum atomic E-state index is 14.3. The van der Waals surface area contributed by atoms with E-state index in [1.165, 1.54) is 16.7 Å². The molecule has 0 bridgehead atoms. The topological polar surface area (TPSA) is 98.0 Å². The number of thiazole rings is 1. The summed E-state index contributed by atoms with van der Waals surface area (Å²) >= 11 is 1.03. The van der Waals surface area contributed by atoms with E-state index < -0.39 is 36.1 Å². The third-order valence-electron chi connectivity index (χ3n) is 3.91. The molecule has 1 fully saturated rings. The smallest absolute Gasteiger partial charge is 0.326 e. The molecule has 0 saturated carbocycles. The molecule has 0 spiro atoms. The number of carbonyl (C=O) groups excluding carboxylic acids is 4. The lowest BCUT2D eigenvalue weighted by Gasteiger charge is -2.10. The van der Waals surface area contributed by atoms with Crippen molar-refractivity contribution in [1.29, 1.82) is 0 Å². The summed E-state index contributed by atoms with van der Waals surface area (Å²) in [6.45, 7) is 1.01. The Balaban J connectivity index is 1.99. The van der Waals surface area contributed by atoms with Crippen LogP contribution in [0.3, 0.4) is 0 Å². The summed E-state index contributed by atoms with van der Waals surface area (Å²) in [7, 11) is 0. The van der Waals surface area contributed by atoms with Gasteiger partial charge in [-0.05, 0) is 19.1 Å². The molecule has 2 heterocycles. The number of para-hydroxylation sites is 1. The number of carbonyl (C=O) groups is 4. The molecular formula is C17H16FN3O5S. The van der Waals surface area contributed by atoms with E-state index in [2.05, 4.69) is 4.99 Å². The molecule has 1 aromatic heterocycles. The molecule has 0 atom stereocenters. The molecule has 2 aromatic rings. The minimum absolute atomic E-state index is 0.0725. The summed E-state index contributed by atoms with van der Waals surface area (Å²) in [5, 5.41) is 0. The summed E-state index contributed by atoms with van der Waals surface area (Å²) in [4.78, 5) is 52.3. The molecule has 1 aromatic carbocycles. The summed E-state index contributed by atoms with van der Waals surface area (Å²) in [5.74, 6) is -2.75. The van der Waals surface area contributed by atoms with E-state index in [1.807, 2.05) is 0 Å². The first kappa shape index (κ1) is 18.9. The second-order valence-corrected chi connectivity index (χ2v) is 6.75. The van der Waals surface area contributed by atoms with Crippen molar-refractivity contribution in [2.75, 3.05) is 13.2 Å². The Morgan fingerprint density at radius 1 is 1.22 bits per heavy atom. The van der Waals surface area contributed by atoms with Gasteiger partial charge in [-0.15, -0.1) is 0 Å². The van der Waals surface area contributed by atoms with Gasteiger partial charge in [0.2, 0.25) is 11.8 Å². The van der Waals surface area contributed by atoms with Gasteiger partial charge in [-0.25, -0.2) is 4.39 Å². The highest BCUT2D eigenvalue weighted by molar-refractivity contribution is 7.16. The van der Waals surface area contributed by atoms with Gasteiger partial charge in [0.15, 0.2) is 4.80 Å². The fraction of sp³-hybridized carbons (Fsp3) is 0.353. The van der Waals surface area contributed by atoms with Gasteiger partial charge in [0.25, 0.3) is 5.91 Å². The van der Waals surface area contributed by atoms with Crippen LogP contribution in [0.4, 0.5) is 4.39 Å². The van der Waals surface area contributed by atoms with Crippen LogP contribution < -0.4 is 4.80 Å². The third kappa shape index (κ3) is 3.95. The van der Waals surface area contributed by atoms with Crippen LogP contribution in [0.5, 0.6) is 0 Å². The average Bonchev–Trinajstić information content (AvgIpc) is 3.10. The molecule has 0 N–H and O–H groups in total. The van der Waals surface area contributed by atoms with Crippen LogP contribution in [0.1, 0.15) is 19.8 Å². The Bertz CT molecular complexity index is 994. The van der Waals surface area contributed by atoms with Gasteiger partial charge < -0.3 is 9.30 Å². The molecule has 1 saturated heterocycles. The second-order valence-electron chi connectivity index (χ2n) is 5.74. The SMILES string of the molecule is CCOC(=O)Cn1c(=NC(=O)CN2C(=O)CCC2=O)sc2cccc(F)c21. The predicted molar refractivity (Wildman–Crippen MR) is 92.9 cm³/mol. The molecule has 3 rings (SSSR count). The molecule has 0 unspecified atom stereocenters. The number of halogens is 1. The van der Waals surface area contributed by atoms with Crippen LogP contribution in [-0.4, -0.2) is 46.3 Å². The molecule has 1 aliphatic rings. The van der Waals surface area contributed by atoms with Gasteiger partial charge in [-0.1, -0.05) is 17.4 Å². The minimum Gasteiger partial charge on any atom is -0.465 e. The van der Waals surface area contributed by atoms with Gasteiger partial charge in [0, 0.05) is 12.8 Å². The highest BCUT2D eigenvalue weighted by Crippen LogP contribution is 2.20. The monoisotopic (exact) mass is 393 g/mol. The van der Waals surface area contributed by atoms with Gasteiger partial charge in [-0.3, -0.25) is 24.1 Å². The molecule has 27 heavy (non-hydrogen) atoms. The first-order valence-electron chi connectivity index (χ1n) is 8.25. The number of aromatic nitrogens is 1. The predicted octanol–water partition coefficient (Wildman–Crippen LogP) is 0.981. The van der Waals surface area contributed by atoms with E-state index in [9.17, 15) is 23.6 Å². The summed E-state index contributed by atoms with van der Waals surface area (Å²) < 4.78 is 20.9. The van der Waals surface area contributed by atoms with Gasteiger partial charge in [0.1, 0.15) is 18.9 Å². The zero-order valence-corrected chi connectivity index (χ0v) is 15.3. The van der Waals surface area contributed by atoms with Crippen LogP contribution in [0, 0.1) is 5.82 Å². The molecular weight excluding hydrogens is 377 g/mol. The van der Waals surface area contributed by atoms with E-state index in [4.69, 9.17) is 4.74 Å². The summed E-state index contributed by atoms with van der Waals surface area (Å²) in [6.07, 6.45) is 0.145. The number of likely N-dealkylation sites (tertiary alicyclic amines) is 1. The maximum absolute atomic E-state index is 14.3. The summed E-state index contributed by atoms with van der Waals surface area (Å²) in [5.41, 5.74) is 0.135. The van der Waals surface area contributed by atoms with Crippen molar-refractivity contribution >= 4 is 45.2 Å². The van der Waals surface area contributed by atoms with Crippen LogP contribution in [0.2, 0.25) is 0 Å². The Morgan fingerprint density at radius 3 is 2.59 bits per heavy atom. The Kier molecular flexibility index (Phi) is 5.45. The highest BCUT2D eigenvalue weighted by atomic mass is 32.1. The van der Waals surface area contributed by atoms with Gasteiger partial charge >= 0.3 is 5.97 Å². The molecule has 3 amide bonds. The lowest BCUT2D eigenvalue weighted by atomic mass is 10.3. The fourth-order valence-electron chi connectivity index (χ4n) is 2.73. The number of fused-ring (bicyclic) bond motifs is 1. The minimum atomic E-state index is -0.733. The third-order valence-corrected chi connectivity index (χ3v) is 4.96. The zero-order valence-electron chi connectivity index (χ0n) is 14.4. The van der Waals surface area contributed by atoms with Crippen molar-refractivity contribution < 1.29 is 28.3 Å². The standard InChI is InChI=1S/C17H16FN3O5S/c1-2-26-15(25)9-21-16-10(18)4-3-5-11(16)27-17(21)19-12(22)8-20-13(23)6-7-14(20)24/h3-5H,2,6-9H2,1H3. The number of nitrogens with zero attached hydrogens (tertiary/aromatic N) is 3. The molecule has 10 heteroatoms. The van der Waals surface area contributed by atoms with Crippen LogP contribution >= 0.6 is 11.3 Å². The molecule has 8 nitrogen and oxygen atoms in total. The van der Waals surface area contributed by atoms with Gasteiger partial charge in [0.05, 0.1) is 16.8 Å². The van der Waals surface area contributed by atoms with E-state index in [0.29, 0.717) is 4.70 Å². The fourth-order valence-corrected chi connectivity index (χ4v) is 3.79. The largest absolute Gasteiger partial charge is 0.465 e. The average molecular weight is 393 g/mol. The second kappa shape index (κ2) is 7.78. The van der Waals surface area contributed by atoms with E-state index in [-0.39, 0.29) is 36.3 Å². The van der Waals surface area contributed by atoms with Crippen LogP contribution in [-0.2, 0) is 30.5 Å². The lowest BCUT2D eigenvalue weighted by Crippen LogP contribution is -2.34. The van der Waals surface area contributed by atoms with Crippen molar-refractivity contribution in [1.82, 2.24) is 9.47 Å². The number of hydrogen-bond donors (Lipinski definition) is 0. The van der Waals surface area contributed by atoms with Gasteiger partial charge in [-0.2, -0.15) is 4.99 Å². The summed E-state index contributed by atoms with van der Waals surface area (Å²) in [6, 6.07) is 4.39. The van der Waals surface area contributed by atoms with Crippen LogP contribution in [0.15, 0.2) is 23.2 Å². The number of ether oxygens (including phenoxy) is 1. The molecule has 0 aliphatic carbocycles. The van der Waals surface area contributed by atoms with Crippen molar-refractivity contribution in [3.8, 4) is 0 Å². The lowest BCUT2D eigenvalue weighted by molar-refractivity contribution is -0.144. The number of esters is 1. The molecule has 0 radical (unpaired) electrons. The van der Waals surface area contributed by atoms with E-state index in [0.717, 1.165) is 16.2 Å². The molecule has 1 aliphatic heterocycles. The van der Waals surface area contributed by atoms with E-state index in [1.54, 1.807) is 13.0 Å². The quantitative estimate of drug-likeness (QED) is 0.557. The Labute approximate surface area is 156 Å². The Morgan fingerprint density at radius 2 is 1.93 bits per heavy atom. The van der Waals surface area contributed by atoms with Crippen molar-refractivity contribution in [3.05, 3.63) is 28.8 Å². The van der Waals surface area contributed by atoms with Crippen molar-refractivity contribution in [2.24, 2.45) is 4.99 Å². The van der Waals surface area contributed by atoms with Crippen molar-refractivity contribution in [2.45, 2.75) is 26.3 Å². The number of rotatable bonds is 5. The first-order valence-corrected chi connectivity index (χ1v) is 9.06.